The minimum Gasteiger partial charge on any atom is -0.396 e. The molecular weight excluding hydrogens is 396 g/mol. The van der Waals surface area contributed by atoms with Crippen molar-refractivity contribution in [3.05, 3.63) is 69.7 Å². The van der Waals surface area contributed by atoms with Crippen LogP contribution in [-0.2, 0) is 22.7 Å². The van der Waals surface area contributed by atoms with Crippen LogP contribution in [0, 0.1) is 0 Å². The molecule has 0 aromatic heterocycles. The molecule has 0 saturated carbocycles. The Morgan fingerprint density at radius 3 is 2.50 bits per heavy atom. The van der Waals surface area contributed by atoms with E-state index < -0.39 is 0 Å². The molecule has 0 radical (unpaired) electrons. The summed E-state index contributed by atoms with van der Waals surface area (Å²) in [6, 6.07) is 15.7. The quantitative estimate of drug-likeness (QED) is 0.552. The van der Waals surface area contributed by atoms with Crippen LogP contribution in [0.4, 0.5) is 0 Å². The lowest BCUT2D eigenvalue weighted by molar-refractivity contribution is -0.120. The van der Waals surface area contributed by atoms with E-state index in [-0.39, 0.29) is 25.1 Å². The van der Waals surface area contributed by atoms with Crippen molar-refractivity contribution in [2.75, 3.05) is 20.3 Å². The molecule has 0 heterocycles. The van der Waals surface area contributed by atoms with Gasteiger partial charge in [0.2, 0.25) is 5.91 Å². The molecule has 0 aliphatic carbocycles. The van der Waals surface area contributed by atoms with E-state index in [4.69, 9.17) is 4.74 Å². The van der Waals surface area contributed by atoms with E-state index in [0.717, 1.165) is 21.2 Å². The van der Waals surface area contributed by atoms with Gasteiger partial charge in [-0.1, -0.05) is 58.4 Å². The Balaban J connectivity index is 1.83. The third-order valence-corrected chi connectivity index (χ3v) is 4.75. The normalized spacial score (nSPS) is 12.0. The van der Waals surface area contributed by atoms with Crippen LogP contribution in [0.2, 0.25) is 0 Å². The number of ether oxygens (including phenoxy) is 1. The van der Waals surface area contributed by atoms with Crippen molar-refractivity contribution in [2.24, 2.45) is 0 Å². The Bertz CT molecular complexity index is 692. The first-order chi connectivity index (χ1) is 12.6. The fraction of sp³-hybridized carbons (Fsp3) is 0.350. The van der Waals surface area contributed by atoms with Crippen LogP contribution in [0.3, 0.4) is 0 Å². The number of aliphatic hydroxyl groups is 1. The second-order valence-electron chi connectivity index (χ2n) is 5.99. The largest absolute Gasteiger partial charge is 0.396 e. The second kappa shape index (κ2) is 11.1. The van der Waals surface area contributed by atoms with E-state index in [0.29, 0.717) is 19.6 Å². The van der Waals surface area contributed by atoms with E-state index in [1.165, 1.54) is 0 Å². The smallest absolute Gasteiger partial charge is 0.234 e. The van der Waals surface area contributed by atoms with E-state index in [2.05, 4.69) is 26.6 Å². The molecule has 0 spiro atoms. The van der Waals surface area contributed by atoms with Crippen molar-refractivity contribution in [1.29, 1.82) is 0 Å². The van der Waals surface area contributed by atoms with Gasteiger partial charge in [0.15, 0.2) is 0 Å². The minimum absolute atomic E-state index is 0.0500. The Kier molecular flexibility index (Phi) is 8.77. The van der Waals surface area contributed by atoms with Crippen LogP contribution in [0.15, 0.2) is 53.0 Å². The lowest BCUT2D eigenvalue weighted by Crippen LogP contribution is -2.35. The fourth-order valence-electron chi connectivity index (χ4n) is 2.65. The Morgan fingerprint density at radius 2 is 1.85 bits per heavy atom. The van der Waals surface area contributed by atoms with Crippen molar-refractivity contribution in [2.45, 2.75) is 25.6 Å². The van der Waals surface area contributed by atoms with Gasteiger partial charge in [-0.2, -0.15) is 0 Å². The second-order valence-corrected chi connectivity index (χ2v) is 6.85. The third-order valence-electron chi connectivity index (χ3n) is 4.03. The molecule has 140 valence electrons. The summed E-state index contributed by atoms with van der Waals surface area (Å²) >= 11 is 3.52. The summed E-state index contributed by atoms with van der Waals surface area (Å²) < 4.78 is 6.05. The molecule has 0 saturated heterocycles. The molecule has 2 rings (SSSR count). The molecule has 1 amide bonds. The summed E-state index contributed by atoms with van der Waals surface area (Å²) in [5, 5.41) is 15.4. The number of rotatable bonds is 10. The van der Waals surface area contributed by atoms with Crippen molar-refractivity contribution in [3.63, 3.8) is 0 Å². The number of benzene rings is 2. The van der Waals surface area contributed by atoms with Crippen LogP contribution >= 0.6 is 15.9 Å². The van der Waals surface area contributed by atoms with Gasteiger partial charge in [0.25, 0.3) is 0 Å². The zero-order valence-corrected chi connectivity index (χ0v) is 16.5. The molecule has 1 atom stereocenters. The topological polar surface area (TPSA) is 70.6 Å². The van der Waals surface area contributed by atoms with Gasteiger partial charge in [0, 0.05) is 30.8 Å². The minimum atomic E-state index is -0.0883. The van der Waals surface area contributed by atoms with Crippen LogP contribution in [0.5, 0.6) is 0 Å². The standard InChI is InChI=1S/C20H25BrN2O3/c1-26-14-16-8-6-15(7-9-16)12-23-20(25)13-22-19(10-11-24)17-4-2-3-5-18(17)21/h2-9,19,22,24H,10-14H2,1H3,(H,23,25). The Morgan fingerprint density at radius 1 is 1.15 bits per heavy atom. The Labute approximate surface area is 162 Å². The third kappa shape index (κ3) is 6.53. The summed E-state index contributed by atoms with van der Waals surface area (Å²) in [5.74, 6) is -0.0824. The molecule has 5 nitrogen and oxygen atoms in total. The summed E-state index contributed by atoms with van der Waals surface area (Å²) in [6.45, 7) is 1.30. The molecular formula is C20H25BrN2O3. The van der Waals surface area contributed by atoms with Gasteiger partial charge in [-0.3, -0.25) is 4.79 Å². The summed E-state index contributed by atoms with van der Waals surface area (Å²) in [6.07, 6.45) is 0.539. The highest BCUT2D eigenvalue weighted by atomic mass is 79.9. The maximum atomic E-state index is 12.1. The van der Waals surface area contributed by atoms with E-state index in [1.54, 1.807) is 7.11 Å². The first-order valence-corrected chi connectivity index (χ1v) is 9.35. The predicted molar refractivity (Wildman–Crippen MR) is 106 cm³/mol. The van der Waals surface area contributed by atoms with Gasteiger partial charge in [-0.05, 0) is 29.2 Å². The Hall–Kier alpha value is -1.73. The van der Waals surface area contributed by atoms with Crippen LogP contribution < -0.4 is 10.6 Å². The molecule has 0 fully saturated rings. The first kappa shape index (κ1) is 20.6. The molecule has 3 N–H and O–H groups in total. The number of nitrogens with one attached hydrogen (secondary N) is 2. The maximum Gasteiger partial charge on any atom is 0.234 e. The number of amides is 1. The van der Waals surface area contributed by atoms with Gasteiger partial charge >= 0.3 is 0 Å². The van der Waals surface area contributed by atoms with E-state index >= 15 is 0 Å². The molecule has 2 aromatic rings. The number of hydrogen-bond acceptors (Lipinski definition) is 4. The molecule has 26 heavy (non-hydrogen) atoms. The fourth-order valence-corrected chi connectivity index (χ4v) is 3.21. The van der Waals surface area contributed by atoms with Crippen molar-refractivity contribution < 1.29 is 14.6 Å². The van der Waals surface area contributed by atoms with Gasteiger partial charge in [-0.25, -0.2) is 0 Å². The number of methoxy groups -OCH3 is 1. The highest BCUT2D eigenvalue weighted by molar-refractivity contribution is 9.10. The average molecular weight is 421 g/mol. The number of carbonyl (C=O) groups excluding carboxylic acids is 1. The van der Waals surface area contributed by atoms with Crippen LogP contribution in [-0.4, -0.2) is 31.3 Å². The van der Waals surface area contributed by atoms with E-state index in [1.807, 2.05) is 48.5 Å². The molecule has 1 unspecified atom stereocenters. The summed E-state index contributed by atoms with van der Waals surface area (Å²) in [7, 11) is 1.67. The van der Waals surface area contributed by atoms with Gasteiger partial charge in [-0.15, -0.1) is 0 Å². The first-order valence-electron chi connectivity index (χ1n) is 8.56. The number of aliphatic hydroxyl groups excluding tert-OH is 1. The molecule has 2 aromatic carbocycles. The lowest BCUT2D eigenvalue weighted by Gasteiger charge is -2.19. The van der Waals surface area contributed by atoms with Crippen LogP contribution in [0.25, 0.3) is 0 Å². The molecule has 0 aliphatic heterocycles. The summed E-state index contributed by atoms with van der Waals surface area (Å²) in [4.78, 5) is 12.1. The molecule has 6 heteroatoms. The monoisotopic (exact) mass is 420 g/mol. The number of carbonyl (C=O) groups is 1. The molecule has 0 bridgehead atoms. The number of halogens is 1. The van der Waals surface area contributed by atoms with Crippen molar-refractivity contribution in [1.82, 2.24) is 10.6 Å². The van der Waals surface area contributed by atoms with E-state index in [9.17, 15) is 9.90 Å². The SMILES string of the molecule is COCc1ccc(CNC(=O)CNC(CCO)c2ccccc2Br)cc1. The lowest BCUT2D eigenvalue weighted by atomic mass is 10.0. The highest BCUT2D eigenvalue weighted by Crippen LogP contribution is 2.25. The average Bonchev–Trinajstić information content (AvgIpc) is 2.65. The molecule has 0 aliphatic rings. The van der Waals surface area contributed by atoms with Crippen molar-refractivity contribution in [3.8, 4) is 0 Å². The zero-order chi connectivity index (χ0) is 18.8. The zero-order valence-electron chi connectivity index (χ0n) is 14.9. The van der Waals surface area contributed by atoms with Crippen molar-refractivity contribution >= 4 is 21.8 Å². The highest BCUT2D eigenvalue weighted by Gasteiger charge is 2.14. The maximum absolute atomic E-state index is 12.1. The van der Waals surface area contributed by atoms with Crippen LogP contribution in [0.1, 0.15) is 29.2 Å². The predicted octanol–water partition coefficient (Wildman–Crippen LogP) is 2.93. The van der Waals surface area contributed by atoms with Gasteiger partial charge in [0.05, 0.1) is 13.2 Å². The number of hydrogen-bond donors (Lipinski definition) is 3. The van der Waals surface area contributed by atoms with Gasteiger partial charge < -0.3 is 20.5 Å². The van der Waals surface area contributed by atoms with Gasteiger partial charge in [0.1, 0.15) is 0 Å². The summed E-state index contributed by atoms with van der Waals surface area (Å²) in [5.41, 5.74) is 3.17.